The summed E-state index contributed by atoms with van der Waals surface area (Å²) in [6.07, 6.45) is 5.42. The monoisotopic (exact) mass is 156 g/mol. The summed E-state index contributed by atoms with van der Waals surface area (Å²) in [6.45, 7) is 5.46. The summed E-state index contributed by atoms with van der Waals surface area (Å²) >= 11 is 0. The average molecular weight is 156 g/mol. The van der Waals surface area contributed by atoms with Crippen LogP contribution in [0.15, 0.2) is 12.4 Å². The van der Waals surface area contributed by atoms with Gasteiger partial charge in [-0.1, -0.05) is 6.92 Å². The first-order chi connectivity index (χ1) is 4.75. The topological polar surface area (TPSA) is 38.8 Å². The van der Waals surface area contributed by atoms with E-state index in [4.69, 9.17) is 0 Å². The van der Waals surface area contributed by atoms with Crippen molar-refractivity contribution in [1.82, 2.24) is 4.57 Å². The van der Waals surface area contributed by atoms with Crippen LogP contribution in [0, 0.1) is 6.92 Å². The van der Waals surface area contributed by atoms with Crippen molar-refractivity contribution in [2.75, 3.05) is 0 Å². The Morgan fingerprint density at radius 3 is 2.55 bits per heavy atom. The summed E-state index contributed by atoms with van der Waals surface area (Å²) in [6, 6.07) is 0. The van der Waals surface area contributed by atoms with Crippen LogP contribution in [0.1, 0.15) is 19.2 Å². The van der Waals surface area contributed by atoms with Gasteiger partial charge in [-0.05, 0) is 6.42 Å². The molecule has 0 bridgehead atoms. The number of rotatable bonds is 2. The standard InChI is InChI=1S/C8H15N2.H2O/c1-4-5-10-7-6-9(3)8(10)2;/h6-7H,4-5H2,1-3H3;1H2/q+1;/p-1. The van der Waals surface area contributed by atoms with Gasteiger partial charge in [0, 0.05) is 6.92 Å². The Labute approximate surface area is 67.6 Å². The van der Waals surface area contributed by atoms with Gasteiger partial charge in [-0.3, -0.25) is 0 Å². The van der Waals surface area contributed by atoms with Gasteiger partial charge in [-0.25, -0.2) is 9.13 Å². The highest BCUT2D eigenvalue weighted by Crippen LogP contribution is 1.93. The highest BCUT2D eigenvalue weighted by atomic mass is 16.0. The molecule has 0 aliphatic carbocycles. The number of hydrogen-bond acceptors (Lipinski definition) is 1. The third-order valence-electron chi connectivity index (χ3n) is 1.86. The van der Waals surface area contributed by atoms with Crippen LogP contribution in [0.5, 0.6) is 0 Å². The lowest BCUT2D eigenvalue weighted by molar-refractivity contribution is -0.677. The fourth-order valence-corrected chi connectivity index (χ4v) is 1.08. The first-order valence-corrected chi connectivity index (χ1v) is 3.77. The van der Waals surface area contributed by atoms with Gasteiger partial charge in [-0.2, -0.15) is 0 Å². The van der Waals surface area contributed by atoms with Crippen molar-refractivity contribution in [2.24, 2.45) is 7.05 Å². The Bertz CT molecular complexity index is 218. The van der Waals surface area contributed by atoms with Crippen LogP contribution in [0.3, 0.4) is 0 Å². The average Bonchev–Trinajstić information content (AvgIpc) is 2.20. The van der Waals surface area contributed by atoms with Gasteiger partial charge in [-0.15, -0.1) is 0 Å². The summed E-state index contributed by atoms with van der Waals surface area (Å²) in [5.41, 5.74) is 0. The van der Waals surface area contributed by atoms with Crippen LogP contribution in [0.25, 0.3) is 0 Å². The molecular formula is C8H16N2O. The van der Waals surface area contributed by atoms with Gasteiger partial charge < -0.3 is 5.48 Å². The van der Waals surface area contributed by atoms with Crippen molar-refractivity contribution >= 4 is 0 Å². The van der Waals surface area contributed by atoms with E-state index in [-0.39, 0.29) is 5.48 Å². The van der Waals surface area contributed by atoms with E-state index in [2.05, 4.69) is 42.4 Å². The van der Waals surface area contributed by atoms with E-state index in [0.29, 0.717) is 0 Å². The first-order valence-electron chi connectivity index (χ1n) is 3.77. The second-order valence-corrected chi connectivity index (χ2v) is 2.65. The minimum absolute atomic E-state index is 0. The summed E-state index contributed by atoms with van der Waals surface area (Å²) in [7, 11) is 2.07. The van der Waals surface area contributed by atoms with Gasteiger partial charge >= 0.3 is 0 Å². The van der Waals surface area contributed by atoms with Crippen LogP contribution < -0.4 is 4.57 Å². The van der Waals surface area contributed by atoms with Crippen molar-refractivity contribution in [3.8, 4) is 0 Å². The molecule has 0 spiro atoms. The van der Waals surface area contributed by atoms with Crippen molar-refractivity contribution in [3.63, 3.8) is 0 Å². The molecule has 0 fully saturated rings. The number of hydrogen-bond donors (Lipinski definition) is 0. The maximum atomic E-state index is 2.26. The third kappa shape index (κ3) is 2.05. The molecule has 11 heavy (non-hydrogen) atoms. The van der Waals surface area contributed by atoms with Crippen molar-refractivity contribution in [2.45, 2.75) is 26.8 Å². The van der Waals surface area contributed by atoms with E-state index in [1.54, 1.807) is 0 Å². The van der Waals surface area contributed by atoms with Gasteiger partial charge in [0.2, 0.25) is 0 Å². The molecule has 3 nitrogen and oxygen atoms in total. The summed E-state index contributed by atoms with van der Waals surface area (Å²) in [4.78, 5) is 0. The number of nitrogens with zero attached hydrogens (tertiary/aromatic N) is 2. The molecule has 1 aromatic rings. The fourth-order valence-electron chi connectivity index (χ4n) is 1.08. The molecule has 1 heterocycles. The molecule has 64 valence electrons. The van der Waals surface area contributed by atoms with Crippen molar-refractivity contribution < 1.29 is 10.0 Å². The molecule has 0 unspecified atom stereocenters. The largest absolute Gasteiger partial charge is 0.870 e. The molecule has 0 aromatic carbocycles. The molecule has 0 atom stereocenters. The molecular weight excluding hydrogens is 140 g/mol. The number of aryl methyl sites for hydroxylation is 2. The van der Waals surface area contributed by atoms with Crippen LogP contribution in [0.4, 0.5) is 0 Å². The van der Waals surface area contributed by atoms with Gasteiger partial charge in [0.25, 0.3) is 5.82 Å². The van der Waals surface area contributed by atoms with E-state index >= 15 is 0 Å². The maximum Gasteiger partial charge on any atom is 0.253 e. The lowest BCUT2D eigenvalue weighted by Crippen LogP contribution is -2.29. The minimum Gasteiger partial charge on any atom is -0.870 e. The van der Waals surface area contributed by atoms with Gasteiger partial charge in [0.1, 0.15) is 12.4 Å². The molecule has 1 N–H and O–H groups in total. The third-order valence-corrected chi connectivity index (χ3v) is 1.86. The normalized spacial score (nSPS) is 9.36. The molecule has 0 radical (unpaired) electrons. The fraction of sp³-hybridized carbons (Fsp3) is 0.625. The smallest absolute Gasteiger partial charge is 0.253 e. The van der Waals surface area contributed by atoms with E-state index in [1.165, 1.54) is 12.2 Å². The quantitative estimate of drug-likeness (QED) is 0.585. The highest BCUT2D eigenvalue weighted by molar-refractivity contribution is 4.78. The zero-order valence-electron chi connectivity index (χ0n) is 7.41. The zero-order valence-corrected chi connectivity index (χ0v) is 7.41. The summed E-state index contributed by atoms with van der Waals surface area (Å²) in [5.74, 6) is 1.32. The van der Waals surface area contributed by atoms with E-state index in [1.807, 2.05) is 0 Å². The Morgan fingerprint density at radius 1 is 1.55 bits per heavy atom. The molecule has 0 aliphatic rings. The van der Waals surface area contributed by atoms with E-state index in [0.717, 1.165) is 6.54 Å². The molecule has 0 amide bonds. The SMILES string of the molecule is CCCn1cc[n+](C)c1C.[OH-]. The molecule has 0 aliphatic heterocycles. The molecule has 0 saturated carbocycles. The predicted octanol–water partition coefficient (Wildman–Crippen LogP) is 0.854. The van der Waals surface area contributed by atoms with E-state index in [9.17, 15) is 0 Å². The molecule has 3 heteroatoms. The second kappa shape index (κ2) is 4.13. The van der Waals surface area contributed by atoms with Crippen LogP contribution in [-0.2, 0) is 13.6 Å². The number of aromatic nitrogens is 2. The summed E-state index contributed by atoms with van der Waals surface area (Å²) in [5, 5.41) is 0. The maximum absolute atomic E-state index is 2.26. The van der Waals surface area contributed by atoms with E-state index < -0.39 is 0 Å². The first kappa shape index (κ1) is 10.2. The zero-order chi connectivity index (χ0) is 7.56. The van der Waals surface area contributed by atoms with Crippen molar-refractivity contribution in [3.05, 3.63) is 18.2 Å². The van der Waals surface area contributed by atoms with Crippen molar-refractivity contribution in [1.29, 1.82) is 0 Å². The lowest BCUT2D eigenvalue weighted by Gasteiger charge is -1.93. The van der Waals surface area contributed by atoms with Gasteiger partial charge in [0.05, 0.1) is 13.6 Å². The lowest BCUT2D eigenvalue weighted by atomic mass is 10.5. The van der Waals surface area contributed by atoms with Crippen LogP contribution in [-0.4, -0.2) is 10.0 Å². The molecule has 1 aromatic heterocycles. The molecule has 0 saturated heterocycles. The van der Waals surface area contributed by atoms with Crippen LogP contribution >= 0.6 is 0 Å². The Morgan fingerprint density at radius 2 is 2.18 bits per heavy atom. The Balaban J connectivity index is 0.000001000. The minimum atomic E-state index is 0. The second-order valence-electron chi connectivity index (χ2n) is 2.65. The Hall–Kier alpha value is -0.830. The summed E-state index contributed by atoms with van der Waals surface area (Å²) < 4.78 is 4.40. The Kier molecular flexibility index (Phi) is 3.82. The van der Waals surface area contributed by atoms with Gasteiger partial charge in [0.15, 0.2) is 0 Å². The predicted molar refractivity (Wildman–Crippen MR) is 42.6 cm³/mol. The number of imidazole rings is 1. The van der Waals surface area contributed by atoms with Crippen LogP contribution in [0.2, 0.25) is 0 Å². The molecule has 1 rings (SSSR count). The highest BCUT2D eigenvalue weighted by Gasteiger charge is 2.05.